The predicted octanol–water partition coefficient (Wildman–Crippen LogP) is 1.89. The van der Waals surface area contributed by atoms with Crippen molar-refractivity contribution in [1.82, 2.24) is 4.98 Å². The van der Waals surface area contributed by atoms with Gasteiger partial charge in [0.25, 0.3) is 0 Å². The van der Waals surface area contributed by atoms with E-state index in [9.17, 15) is 0 Å². The highest BCUT2D eigenvalue weighted by Gasteiger charge is 2.07. The van der Waals surface area contributed by atoms with Crippen LogP contribution >= 0.6 is 0 Å². The molecule has 0 unspecified atom stereocenters. The van der Waals surface area contributed by atoms with Crippen LogP contribution in [0.15, 0.2) is 24.3 Å². The quantitative estimate of drug-likeness (QED) is 0.609. The van der Waals surface area contributed by atoms with Crippen molar-refractivity contribution in [3.8, 4) is 0 Å². The first-order chi connectivity index (χ1) is 7.99. The van der Waals surface area contributed by atoms with Crippen LogP contribution in [0.25, 0.3) is 10.9 Å². The van der Waals surface area contributed by atoms with Crippen LogP contribution in [0.3, 0.4) is 0 Å². The molecule has 4 heteroatoms. The summed E-state index contributed by atoms with van der Waals surface area (Å²) in [5.74, 6) is 0.0807. The number of nitrogens with two attached hydrogens (primary N) is 1. The second-order valence-electron chi connectivity index (χ2n) is 4.32. The Morgan fingerprint density at radius 3 is 2.59 bits per heavy atom. The number of fused-ring (bicyclic) bond motifs is 1. The lowest BCUT2D eigenvalue weighted by Gasteiger charge is -2.16. The number of nitrogens with zero attached hydrogens (tertiary/aromatic N) is 2. The molecule has 0 amide bonds. The van der Waals surface area contributed by atoms with Crippen LogP contribution in [0.1, 0.15) is 11.3 Å². The minimum absolute atomic E-state index is 0.0807. The Balaban J connectivity index is 2.78. The van der Waals surface area contributed by atoms with Crippen LogP contribution < -0.4 is 10.6 Å². The second-order valence-corrected chi connectivity index (χ2v) is 4.32. The summed E-state index contributed by atoms with van der Waals surface area (Å²) >= 11 is 0. The van der Waals surface area contributed by atoms with E-state index in [1.165, 1.54) is 0 Å². The molecule has 0 aliphatic heterocycles. The van der Waals surface area contributed by atoms with E-state index < -0.39 is 0 Å². The Morgan fingerprint density at radius 2 is 2.00 bits per heavy atom. The van der Waals surface area contributed by atoms with E-state index in [0.717, 1.165) is 27.8 Å². The zero-order valence-electron chi connectivity index (χ0n) is 10.3. The molecule has 1 aromatic heterocycles. The molecule has 4 nitrogen and oxygen atoms in total. The number of nitrogen functional groups attached to an aromatic ring is 1. The van der Waals surface area contributed by atoms with Crippen LogP contribution in [0.4, 0.5) is 5.69 Å². The highest BCUT2D eigenvalue weighted by Crippen LogP contribution is 2.26. The number of nitrogens with one attached hydrogen (secondary N) is 1. The van der Waals surface area contributed by atoms with Crippen molar-refractivity contribution in [3.05, 3.63) is 35.5 Å². The van der Waals surface area contributed by atoms with Crippen LogP contribution in [0, 0.1) is 12.3 Å². The van der Waals surface area contributed by atoms with E-state index in [4.69, 9.17) is 11.1 Å². The summed E-state index contributed by atoms with van der Waals surface area (Å²) in [5, 5.41) is 8.50. The van der Waals surface area contributed by atoms with Gasteiger partial charge in [0.15, 0.2) is 0 Å². The molecule has 0 aliphatic rings. The molecule has 0 radical (unpaired) electrons. The zero-order valence-corrected chi connectivity index (χ0v) is 10.3. The molecule has 88 valence electrons. The molecule has 0 bridgehead atoms. The minimum atomic E-state index is 0.0807. The maximum atomic E-state index is 7.47. The number of aryl methyl sites for hydroxylation is 1. The summed E-state index contributed by atoms with van der Waals surface area (Å²) in [6, 6.07) is 7.69. The zero-order chi connectivity index (χ0) is 12.6. The van der Waals surface area contributed by atoms with Crippen LogP contribution in [-0.2, 0) is 0 Å². The number of rotatable bonds is 2. The molecule has 0 saturated carbocycles. The van der Waals surface area contributed by atoms with Gasteiger partial charge in [0.2, 0.25) is 0 Å². The predicted molar refractivity (Wildman–Crippen MR) is 71.8 cm³/mol. The molecule has 1 aromatic carbocycles. The van der Waals surface area contributed by atoms with E-state index >= 15 is 0 Å². The maximum Gasteiger partial charge on any atom is 0.122 e. The van der Waals surface area contributed by atoms with Gasteiger partial charge in [-0.2, -0.15) is 0 Å². The van der Waals surface area contributed by atoms with Crippen molar-refractivity contribution in [2.45, 2.75) is 6.92 Å². The number of hydrogen-bond donors (Lipinski definition) is 2. The van der Waals surface area contributed by atoms with E-state index in [-0.39, 0.29) is 5.84 Å². The molecular weight excluding hydrogens is 212 g/mol. The Bertz CT molecular complexity index is 587. The van der Waals surface area contributed by atoms with E-state index in [2.05, 4.69) is 4.98 Å². The summed E-state index contributed by atoms with van der Waals surface area (Å²) in [7, 11) is 3.99. The maximum absolute atomic E-state index is 7.47. The number of hydrogen-bond acceptors (Lipinski definition) is 3. The summed E-state index contributed by atoms with van der Waals surface area (Å²) in [4.78, 5) is 6.52. The van der Waals surface area contributed by atoms with Gasteiger partial charge < -0.3 is 10.6 Å². The molecule has 1 heterocycles. The van der Waals surface area contributed by atoms with Crippen LogP contribution in [0.5, 0.6) is 0 Å². The van der Waals surface area contributed by atoms with E-state index in [0.29, 0.717) is 0 Å². The number of anilines is 1. The third-order valence-electron chi connectivity index (χ3n) is 2.71. The molecule has 2 aromatic rings. The van der Waals surface area contributed by atoms with Gasteiger partial charge in [0.1, 0.15) is 5.84 Å². The fourth-order valence-corrected chi connectivity index (χ4v) is 1.87. The fraction of sp³-hybridized carbons (Fsp3) is 0.231. The van der Waals surface area contributed by atoms with Crippen molar-refractivity contribution < 1.29 is 0 Å². The van der Waals surface area contributed by atoms with Crippen LogP contribution in [0.2, 0.25) is 0 Å². The largest absolute Gasteiger partial charge is 0.384 e. The topological polar surface area (TPSA) is 66.0 Å². The molecule has 3 N–H and O–H groups in total. The van der Waals surface area contributed by atoms with Crippen molar-refractivity contribution in [1.29, 1.82) is 5.41 Å². The lowest BCUT2D eigenvalue weighted by atomic mass is 10.1. The van der Waals surface area contributed by atoms with Gasteiger partial charge in [-0.05, 0) is 31.2 Å². The Morgan fingerprint density at radius 1 is 1.29 bits per heavy atom. The third-order valence-corrected chi connectivity index (χ3v) is 2.71. The number of amidine groups is 1. The Kier molecular flexibility index (Phi) is 2.71. The van der Waals surface area contributed by atoms with E-state index in [1.54, 1.807) is 0 Å². The molecular formula is C13H16N4. The first kappa shape index (κ1) is 11.4. The molecule has 17 heavy (non-hydrogen) atoms. The molecule has 0 aliphatic carbocycles. The number of benzene rings is 1. The van der Waals surface area contributed by atoms with E-state index in [1.807, 2.05) is 50.2 Å². The SMILES string of the molecule is Cc1cc(N(C)C)c2cc(C(=N)N)ccc2n1. The highest BCUT2D eigenvalue weighted by atomic mass is 15.1. The molecule has 0 atom stereocenters. The second kappa shape index (κ2) is 4.05. The number of aromatic nitrogens is 1. The third kappa shape index (κ3) is 2.06. The lowest BCUT2D eigenvalue weighted by Crippen LogP contribution is -2.12. The summed E-state index contributed by atoms with van der Waals surface area (Å²) < 4.78 is 0. The fourth-order valence-electron chi connectivity index (χ4n) is 1.87. The average molecular weight is 228 g/mol. The highest BCUT2D eigenvalue weighted by molar-refractivity contribution is 6.01. The smallest absolute Gasteiger partial charge is 0.122 e. The first-order valence-corrected chi connectivity index (χ1v) is 5.42. The molecule has 0 fully saturated rings. The first-order valence-electron chi connectivity index (χ1n) is 5.42. The van der Waals surface area contributed by atoms with Crippen LogP contribution in [-0.4, -0.2) is 24.9 Å². The molecule has 0 spiro atoms. The summed E-state index contributed by atoms with van der Waals surface area (Å²) in [6.45, 7) is 1.98. The summed E-state index contributed by atoms with van der Waals surface area (Å²) in [6.07, 6.45) is 0. The Hall–Kier alpha value is -2.10. The summed E-state index contributed by atoms with van der Waals surface area (Å²) in [5.41, 5.74) is 9.24. The standard InChI is InChI=1S/C13H16N4/c1-8-6-12(17(2)3)10-7-9(13(14)15)4-5-11(10)16-8/h4-7H,1-3H3,(H3,14,15). The van der Waals surface area contributed by atoms with Gasteiger partial charge >= 0.3 is 0 Å². The monoisotopic (exact) mass is 228 g/mol. The Labute approximate surface area is 101 Å². The van der Waals surface area contributed by atoms with Gasteiger partial charge in [0.05, 0.1) is 5.52 Å². The van der Waals surface area contributed by atoms with Gasteiger partial charge in [-0.25, -0.2) is 0 Å². The van der Waals surface area contributed by atoms with Crippen molar-refractivity contribution in [2.75, 3.05) is 19.0 Å². The van der Waals surface area contributed by atoms with Gasteiger partial charge in [-0.15, -0.1) is 0 Å². The lowest BCUT2D eigenvalue weighted by molar-refractivity contribution is 1.12. The normalized spacial score (nSPS) is 10.5. The molecule has 0 saturated heterocycles. The van der Waals surface area contributed by atoms with Crippen molar-refractivity contribution >= 4 is 22.4 Å². The van der Waals surface area contributed by atoms with Crippen molar-refractivity contribution in [2.24, 2.45) is 5.73 Å². The minimum Gasteiger partial charge on any atom is -0.384 e. The van der Waals surface area contributed by atoms with Crippen molar-refractivity contribution in [3.63, 3.8) is 0 Å². The van der Waals surface area contributed by atoms with Gasteiger partial charge in [-0.3, -0.25) is 10.4 Å². The van der Waals surface area contributed by atoms with Gasteiger partial charge in [-0.1, -0.05) is 0 Å². The van der Waals surface area contributed by atoms with Gasteiger partial charge in [0, 0.05) is 36.4 Å². The number of pyridine rings is 1. The molecule has 2 rings (SSSR count). The average Bonchev–Trinajstić information content (AvgIpc) is 2.26.